The summed E-state index contributed by atoms with van der Waals surface area (Å²) in [4.78, 5) is 24.4. The molecule has 6 nitrogen and oxygen atoms in total. The molecular formula is C20H16Cl2N3O3Y-. The van der Waals surface area contributed by atoms with Gasteiger partial charge in [0.2, 0.25) is 5.91 Å². The minimum atomic E-state index is -0.391. The molecule has 0 saturated carbocycles. The maximum Gasteiger partial charge on any atom is 0.278 e. The molecule has 147 valence electrons. The van der Waals surface area contributed by atoms with E-state index in [0.29, 0.717) is 12.0 Å². The zero-order chi connectivity index (χ0) is 20.3. The normalized spacial score (nSPS) is 10.3. The number of nitrogens with zero attached hydrogens (tertiary/aromatic N) is 2. The molecule has 9 heteroatoms. The van der Waals surface area contributed by atoms with Crippen molar-refractivity contribution >= 4 is 29.1 Å². The van der Waals surface area contributed by atoms with Gasteiger partial charge in [-0.05, 0) is 17.7 Å². The molecule has 3 rings (SSSR count). The Kier molecular flexibility index (Phi) is 8.40. The maximum atomic E-state index is 12.2. The van der Waals surface area contributed by atoms with Gasteiger partial charge < -0.3 is 10.4 Å². The van der Waals surface area contributed by atoms with Gasteiger partial charge in [0.15, 0.2) is 0 Å². The van der Waals surface area contributed by atoms with Crippen LogP contribution < -0.4 is 10.9 Å². The van der Waals surface area contributed by atoms with Crippen LogP contribution in [0.4, 0.5) is 0 Å². The Balaban J connectivity index is 0.00000300. The van der Waals surface area contributed by atoms with Crippen LogP contribution in [0.15, 0.2) is 53.5 Å². The molecule has 1 aromatic heterocycles. The van der Waals surface area contributed by atoms with Crippen molar-refractivity contribution in [3.63, 3.8) is 0 Å². The number of hydrogen-bond donors (Lipinski definition) is 2. The van der Waals surface area contributed by atoms with Crippen LogP contribution >= 0.6 is 23.2 Å². The molecule has 0 aliphatic rings. The van der Waals surface area contributed by atoms with Crippen LogP contribution in [0.3, 0.4) is 0 Å². The second-order valence-corrected chi connectivity index (χ2v) is 6.82. The topological polar surface area (TPSA) is 84.2 Å². The third-order valence-electron chi connectivity index (χ3n) is 4.12. The van der Waals surface area contributed by atoms with E-state index >= 15 is 0 Å². The minimum absolute atomic E-state index is 0. The molecule has 0 fully saturated rings. The smallest absolute Gasteiger partial charge is 0.278 e. The first kappa shape index (κ1) is 23.6. The number of carbonyl (C=O) groups is 1. The van der Waals surface area contributed by atoms with Gasteiger partial charge in [-0.1, -0.05) is 59.1 Å². The summed E-state index contributed by atoms with van der Waals surface area (Å²) in [5.74, 6) is -0.566. The molecule has 0 aliphatic carbocycles. The van der Waals surface area contributed by atoms with Crippen LogP contribution in [0.1, 0.15) is 15.9 Å². The Morgan fingerprint density at radius 2 is 1.79 bits per heavy atom. The number of aromatic hydroxyl groups is 1. The molecule has 2 aromatic carbocycles. The number of carbonyl (C=O) groups excluding carboxylic acids is 1. The summed E-state index contributed by atoms with van der Waals surface area (Å²) in [7, 11) is 1.52. The Labute approximate surface area is 202 Å². The van der Waals surface area contributed by atoms with Crippen LogP contribution in [-0.2, 0) is 46.2 Å². The van der Waals surface area contributed by atoms with E-state index in [4.69, 9.17) is 23.2 Å². The summed E-state index contributed by atoms with van der Waals surface area (Å²) in [6.07, 6.45) is 1.68. The molecule has 0 aliphatic heterocycles. The predicted octanol–water partition coefficient (Wildman–Crippen LogP) is 3.59. The average molecular weight is 506 g/mol. The fourth-order valence-electron chi connectivity index (χ4n) is 2.66. The minimum Gasteiger partial charge on any atom is -0.505 e. The van der Waals surface area contributed by atoms with E-state index in [1.807, 2.05) is 0 Å². The molecule has 0 atom stereocenters. The molecule has 29 heavy (non-hydrogen) atoms. The van der Waals surface area contributed by atoms with E-state index in [9.17, 15) is 14.7 Å². The number of halogens is 2. The quantitative estimate of drug-likeness (QED) is 0.519. The average Bonchev–Trinajstić information content (AvgIpc) is 2.66. The zero-order valence-electron chi connectivity index (χ0n) is 15.4. The van der Waals surface area contributed by atoms with E-state index in [1.54, 1.807) is 49.0 Å². The fourth-order valence-corrected chi connectivity index (χ4v) is 3.23. The van der Waals surface area contributed by atoms with Crippen LogP contribution in [-0.4, -0.2) is 20.8 Å². The molecular weight excluding hydrogens is 490 g/mol. The first-order valence-electron chi connectivity index (χ1n) is 8.29. The maximum absolute atomic E-state index is 12.2. The first-order chi connectivity index (χ1) is 13.4. The largest absolute Gasteiger partial charge is 0.505 e. The SMILES string of the molecule is Cn1ncc(O)c(-c2ccc(C[CH-]NC(=O)c3c(Cl)cccc3Cl)cc2)c1=O.[Y]. The van der Waals surface area contributed by atoms with Crippen molar-refractivity contribution in [2.75, 3.05) is 0 Å². The van der Waals surface area contributed by atoms with E-state index in [2.05, 4.69) is 10.4 Å². The summed E-state index contributed by atoms with van der Waals surface area (Å²) < 4.78 is 1.16. The Morgan fingerprint density at radius 1 is 1.17 bits per heavy atom. The van der Waals surface area contributed by atoms with Crippen molar-refractivity contribution < 1.29 is 42.6 Å². The fraction of sp³-hybridized carbons (Fsp3) is 0.100. The number of benzene rings is 2. The molecule has 2 N–H and O–H groups in total. The van der Waals surface area contributed by atoms with Gasteiger partial charge in [0.05, 0.1) is 27.4 Å². The van der Waals surface area contributed by atoms with Crippen LogP contribution in [0.5, 0.6) is 5.75 Å². The van der Waals surface area contributed by atoms with Gasteiger partial charge >= 0.3 is 0 Å². The molecule has 0 unspecified atom stereocenters. The molecule has 1 heterocycles. The van der Waals surface area contributed by atoms with Gasteiger partial charge in [0.1, 0.15) is 5.75 Å². The predicted molar refractivity (Wildman–Crippen MR) is 109 cm³/mol. The van der Waals surface area contributed by atoms with E-state index < -0.39 is 5.91 Å². The Hall–Kier alpha value is -1.73. The molecule has 0 bridgehead atoms. The van der Waals surface area contributed by atoms with Gasteiger partial charge in [-0.15, -0.1) is 6.42 Å². The number of hydrogen-bond acceptors (Lipinski definition) is 4. The second-order valence-electron chi connectivity index (χ2n) is 6.01. The second kappa shape index (κ2) is 10.3. The van der Waals surface area contributed by atoms with Gasteiger partial charge in [-0.3, -0.25) is 9.59 Å². The van der Waals surface area contributed by atoms with Gasteiger partial charge in [-0.25, -0.2) is 11.2 Å². The Bertz CT molecular complexity index is 1070. The Morgan fingerprint density at radius 3 is 2.41 bits per heavy atom. The summed E-state index contributed by atoms with van der Waals surface area (Å²) >= 11 is 12.0. The number of nitrogens with one attached hydrogen (secondary N) is 1. The van der Waals surface area contributed by atoms with Crippen LogP contribution in [0.25, 0.3) is 11.1 Å². The van der Waals surface area contributed by atoms with Crippen molar-refractivity contribution in [3.05, 3.63) is 86.7 Å². The van der Waals surface area contributed by atoms with Gasteiger partial charge in [0.25, 0.3) is 5.56 Å². The zero-order valence-corrected chi connectivity index (χ0v) is 19.7. The van der Waals surface area contributed by atoms with E-state index in [-0.39, 0.29) is 65.2 Å². The van der Waals surface area contributed by atoms with Crippen molar-refractivity contribution in [2.24, 2.45) is 7.05 Å². The van der Waals surface area contributed by atoms with Crippen LogP contribution in [0, 0.1) is 6.54 Å². The summed E-state index contributed by atoms with van der Waals surface area (Å²) in [5, 5.41) is 16.9. The summed E-state index contributed by atoms with van der Waals surface area (Å²) in [6, 6.07) is 11.9. The van der Waals surface area contributed by atoms with Crippen molar-refractivity contribution in [1.29, 1.82) is 0 Å². The number of rotatable bonds is 5. The standard InChI is InChI=1S/C20H16Cl2N3O3.Y/c1-25-20(28)17(16(26)11-24-25)13-7-5-12(6-8-13)9-10-23-19(27)18-14(21)3-2-4-15(18)22;/h2-8,10-11,26H,9H2,1H3,(H,23,27);/q-1;. The van der Waals surface area contributed by atoms with Crippen molar-refractivity contribution in [2.45, 2.75) is 6.42 Å². The monoisotopic (exact) mass is 505 g/mol. The third-order valence-corrected chi connectivity index (χ3v) is 4.75. The third kappa shape index (κ3) is 5.45. The summed E-state index contributed by atoms with van der Waals surface area (Å²) in [5.41, 5.74) is 1.51. The molecule has 3 aromatic rings. The van der Waals surface area contributed by atoms with Gasteiger partial charge in [-0.2, -0.15) is 5.10 Å². The molecule has 0 saturated heterocycles. The van der Waals surface area contributed by atoms with Crippen LogP contribution in [0.2, 0.25) is 10.0 Å². The van der Waals surface area contributed by atoms with Gasteiger partial charge in [0, 0.05) is 39.8 Å². The molecule has 1 amide bonds. The number of aromatic nitrogens is 2. The van der Waals surface area contributed by atoms with Crippen molar-refractivity contribution in [1.82, 2.24) is 15.1 Å². The molecule has 1 radical (unpaired) electrons. The molecule has 0 spiro atoms. The van der Waals surface area contributed by atoms with E-state index in [0.717, 1.165) is 10.2 Å². The van der Waals surface area contributed by atoms with E-state index in [1.165, 1.54) is 13.2 Å². The number of aryl methyl sites for hydroxylation is 1. The summed E-state index contributed by atoms with van der Waals surface area (Å²) in [6.45, 7) is 1.60. The first-order valence-corrected chi connectivity index (χ1v) is 9.05. The van der Waals surface area contributed by atoms with Crippen molar-refractivity contribution in [3.8, 4) is 16.9 Å². The number of amides is 1.